The third-order valence-electron chi connectivity index (χ3n) is 6.85. The van der Waals surface area contributed by atoms with Gasteiger partial charge in [-0.3, -0.25) is 19.5 Å². The highest BCUT2D eigenvalue weighted by Crippen LogP contribution is 2.41. The molecule has 0 saturated heterocycles. The third kappa shape index (κ3) is 4.01. The van der Waals surface area contributed by atoms with Gasteiger partial charge < -0.3 is 9.84 Å². The summed E-state index contributed by atoms with van der Waals surface area (Å²) in [6.07, 6.45) is 3.25. The van der Waals surface area contributed by atoms with E-state index >= 15 is 0 Å². The van der Waals surface area contributed by atoms with Crippen molar-refractivity contribution in [2.24, 2.45) is 4.99 Å². The maximum atomic E-state index is 13.9. The molecule has 1 atom stereocenters. The lowest BCUT2D eigenvalue weighted by molar-refractivity contribution is -0.384. The van der Waals surface area contributed by atoms with E-state index < -0.39 is 11.0 Å². The summed E-state index contributed by atoms with van der Waals surface area (Å²) in [5, 5.41) is 21.6. The van der Waals surface area contributed by atoms with E-state index in [1.165, 1.54) is 29.0 Å². The van der Waals surface area contributed by atoms with Gasteiger partial charge in [0, 0.05) is 17.7 Å². The second-order valence-corrected chi connectivity index (χ2v) is 10.1. The van der Waals surface area contributed by atoms with Crippen LogP contribution in [0.2, 0.25) is 0 Å². The van der Waals surface area contributed by atoms with Crippen molar-refractivity contribution in [3.63, 3.8) is 0 Å². The van der Waals surface area contributed by atoms with Gasteiger partial charge in [0.05, 0.1) is 27.8 Å². The Morgan fingerprint density at radius 1 is 1.16 bits per heavy atom. The molecular formula is C29H23N3O5S. The number of aromatic hydroxyl groups is 1. The van der Waals surface area contributed by atoms with Crippen LogP contribution in [0.4, 0.5) is 5.69 Å². The summed E-state index contributed by atoms with van der Waals surface area (Å²) in [7, 11) is 0. The van der Waals surface area contributed by atoms with Crippen molar-refractivity contribution in [2.75, 3.05) is 6.61 Å². The molecule has 0 radical (unpaired) electrons. The molecule has 1 aliphatic carbocycles. The fourth-order valence-electron chi connectivity index (χ4n) is 5.17. The number of hydrogen-bond acceptors (Lipinski definition) is 7. The highest BCUT2D eigenvalue weighted by Gasteiger charge is 2.33. The minimum atomic E-state index is -0.504. The van der Waals surface area contributed by atoms with Crippen LogP contribution in [0.15, 0.2) is 82.1 Å². The van der Waals surface area contributed by atoms with Crippen LogP contribution < -0.4 is 19.6 Å². The smallest absolute Gasteiger partial charge is 0.271 e. The molecule has 2 heterocycles. The SMILES string of the molecule is CCOc1cc(C=c2sc3n(c2=O)C(c2cccc([N+](=O)[O-])c2)C2=C(N=3)c3ccccc3CC2)ccc1O. The Morgan fingerprint density at radius 2 is 2.00 bits per heavy atom. The number of aromatic nitrogens is 1. The zero-order chi connectivity index (χ0) is 26.4. The maximum Gasteiger partial charge on any atom is 0.271 e. The van der Waals surface area contributed by atoms with E-state index in [-0.39, 0.29) is 17.0 Å². The number of thiazole rings is 1. The zero-order valence-corrected chi connectivity index (χ0v) is 21.3. The van der Waals surface area contributed by atoms with Gasteiger partial charge in [0.2, 0.25) is 0 Å². The fourth-order valence-corrected chi connectivity index (χ4v) is 6.17. The lowest BCUT2D eigenvalue weighted by Gasteiger charge is -2.30. The van der Waals surface area contributed by atoms with Gasteiger partial charge in [-0.2, -0.15) is 0 Å². The molecule has 2 aliphatic rings. The summed E-state index contributed by atoms with van der Waals surface area (Å²) in [6.45, 7) is 2.23. The Hall–Kier alpha value is -4.50. The van der Waals surface area contributed by atoms with Crippen LogP contribution in [-0.2, 0) is 6.42 Å². The Balaban J connectivity index is 1.59. The minimum Gasteiger partial charge on any atom is -0.504 e. The van der Waals surface area contributed by atoms with Crippen LogP contribution in [0, 0.1) is 10.1 Å². The Morgan fingerprint density at radius 3 is 2.82 bits per heavy atom. The van der Waals surface area contributed by atoms with Gasteiger partial charge in [-0.05, 0) is 60.2 Å². The molecule has 1 aromatic heterocycles. The number of ether oxygens (including phenoxy) is 1. The van der Waals surface area contributed by atoms with Crippen molar-refractivity contribution in [3.05, 3.63) is 124 Å². The summed E-state index contributed by atoms with van der Waals surface area (Å²) in [4.78, 5) is 30.5. The molecule has 3 aromatic carbocycles. The van der Waals surface area contributed by atoms with Crippen molar-refractivity contribution in [1.82, 2.24) is 4.57 Å². The number of fused-ring (bicyclic) bond motifs is 3. The summed E-state index contributed by atoms with van der Waals surface area (Å²) in [5.74, 6) is 0.373. The van der Waals surface area contributed by atoms with Crippen molar-refractivity contribution in [2.45, 2.75) is 25.8 Å². The lowest BCUT2D eigenvalue weighted by atomic mass is 9.83. The normalized spacial score (nSPS) is 16.3. The summed E-state index contributed by atoms with van der Waals surface area (Å²) in [5.41, 5.74) is 5.18. The quantitative estimate of drug-likeness (QED) is 0.308. The predicted molar refractivity (Wildman–Crippen MR) is 145 cm³/mol. The highest BCUT2D eigenvalue weighted by molar-refractivity contribution is 7.07. The number of nitro benzene ring substituents is 1. The molecule has 0 fully saturated rings. The first-order valence-electron chi connectivity index (χ1n) is 12.3. The maximum absolute atomic E-state index is 13.9. The largest absolute Gasteiger partial charge is 0.504 e. The van der Waals surface area contributed by atoms with E-state index in [2.05, 4.69) is 6.07 Å². The average Bonchev–Trinajstić information content (AvgIpc) is 3.23. The van der Waals surface area contributed by atoms with E-state index in [1.54, 1.807) is 34.9 Å². The number of benzene rings is 3. The van der Waals surface area contributed by atoms with E-state index in [1.807, 2.05) is 31.2 Å². The number of non-ortho nitro benzene ring substituents is 1. The lowest BCUT2D eigenvalue weighted by Crippen LogP contribution is -2.38. The number of hydrogen-bond donors (Lipinski definition) is 1. The Kier molecular flexibility index (Phi) is 5.92. The van der Waals surface area contributed by atoms with Gasteiger partial charge in [-0.1, -0.05) is 53.8 Å². The molecule has 0 amide bonds. The number of phenols is 1. The van der Waals surface area contributed by atoms with E-state index in [0.29, 0.717) is 39.2 Å². The molecule has 9 heteroatoms. The van der Waals surface area contributed by atoms with Gasteiger partial charge in [-0.25, -0.2) is 4.99 Å². The molecular weight excluding hydrogens is 502 g/mol. The van der Waals surface area contributed by atoms with Crippen molar-refractivity contribution < 1.29 is 14.8 Å². The Bertz CT molecular complexity index is 1820. The molecule has 0 bridgehead atoms. The van der Waals surface area contributed by atoms with Crippen LogP contribution >= 0.6 is 11.3 Å². The van der Waals surface area contributed by atoms with Crippen molar-refractivity contribution in [3.8, 4) is 11.5 Å². The number of allylic oxidation sites excluding steroid dienone is 1. The molecule has 8 nitrogen and oxygen atoms in total. The average molecular weight is 526 g/mol. The molecule has 38 heavy (non-hydrogen) atoms. The fraction of sp³-hybridized carbons (Fsp3) is 0.172. The molecule has 1 aliphatic heterocycles. The summed E-state index contributed by atoms with van der Waals surface area (Å²) < 4.78 is 7.63. The van der Waals surface area contributed by atoms with Gasteiger partial charge in [0.15, 0.2) is 16.3 Å². The second-order valence-electron chi connectivity index (χ2n) is 9.13. The molecule has 0 spiro atoms. The van der Waals surface area contributed by atoms with Crippen LogP contribution in [0.25, 0.3) is 11.8 Å². The van der Waals surface area contributed by atoms with Crippen molar-refractivity contribution >= 4 is 28.8 Å². The van der Waals surface area contributed by atoms with Crippen LogP contribution in [0.1, 0.15) is 41.6 Å². The monoisotopic (exact) mass is 525 g/mol. The van der Waals surface area contributed by atoms with Gasteiger partial charge in [-0.15, -0.1) is 0 Å². The molecule has 0 saturated carbocycles. The minimum absolute atomic E-state index is 0.0208. The molecule has 1 unspecified atom stereocenters. The molecule has 190 valence electrons. The molecule has 4 aromatic rings. The van der Waals surface area contributed by atoms with Crippen molar-refractivity contribution in [1.29, 1.82) is 0 Å². The van der Waals surface area contributed by atoms with Gasteiger partial charge in [0.1, 0.15) is 0 Å². The number of nitrogens with zero attached hydrogens (tertiary/aromatic N) is 3. The zero-order valence-electron chi connectivity index (χ0n) is 20.5. The predicted octanol–water partition coefficient (Wildman–Crippen LogP) is 4.33. The Labute approximate surface area is 221 Å². The van der Waals surface area contributed by atoms with E-state index in [0.717, 1.165) is 23.3 Å². The number of phenolic OH excluding ortho intramolecular Hbond substituents is 1. The summed E-state index contributed by atoms with van der Waals surface area (Å²) in [6, 6.07) is 19.1. The van der Waals surface area contributed by atoms with E-state index in [9.17, 15) is 20.0 Å². The first-order chi connectivity index (χ1) is 18.4. The molecule has 1 N–H and O–H groups in total. The number of nitro groups is 1. The van der Waals surface area contributed by atoms with Crippen LogP contribution in [0.5, 0.6) is 11.5 Å². The number of aryl methyl sites for hydroxylation is 1. The standard InChI is InChI=1S/C29H23N3O5S/c1-2-37-24-14-17(10-13-23(24)33)15-25-28(34)31-27(19-7-5-8-20(16-19)32(35)36)22-12-11-18-6-3-4-9-21(18)26(22)30-29(31)38-25/h3-10,13-16,27,33H,2,11-12H2,1H3. The van der Waals surface area contributed by atoms with Crippen LogP contribution in [-0.4, -0.2) is 21.2 Å². The first-order valence-corrected chi connectivity index (χ1v) is 13.1. The van der Waals surface area contributed by atoms with Gasteiger partial charge >= 0.3 is 0 Å². The highest BCUT2D eigenvalue weighted by atomic mass is 32.1. The third-order valence-corrected chi connectivity index (χ3v) is 7.83. The first kappa shape index (κ1) is 23.9. The van der Waals surface area contributed by atoms with Gasteiger partial charge in [0.25, 0.3) is 11.2 Å². The van der Waals surface area contributed by atoms with Crippen LogP contribution in [0.3, 0.4) is 0 Å². The topological polar surface area (TPSA) is 107 Å². The second kappa shape index (κ2) is 9.42. The molecule has 6 rings (SSSR count). The summed E-state index contributed by atoms with van der Waals surface area (Å²) >= 11 is 1.28. The number of rotatable bonds is 5. The van der Waals surface area contributed by atoms with E-state index in [4.69, 9.17) is 9.73 Å².